The van der Waals surface area contributed by atoms with Crippen molar-refractivity contribution in [1.29, 1.82) is 0 Å². The number of benzene rings is 1. The molecule has 1 N–H and O–H groups in total. The molecule has 1 aliphatic rings. The van der Waals surface area contributed by atoms with Crippen LogP contribution in [-0.4, -0.2) is 35.0 Å². The van der Waals surface area contributed by atoms with Crippen LogP contribution in [0.25, 0.3) is 10.2 Å². The van der Waals surface area contributed by atoms with E-state index in [0.29, 0.717) is 6.42 Å². The summed E-state index contributed by atoms with van der Waals surface area (Å²) in [5.41, 5.74) is 6.00. The van der Waals surface area contributed by atoms with Crippen LogP contribution in [-0.2, 0) is 11.2 Å². The third kappa shape index (κ3) is 3.64. The number of rotatable bonds is 4. The third-order valence-corrected chi connectivity index (χ3v) is 5.37. The van der Waals surface area contributed by atoms with E-state index in [1.54, 1.807) is 11.3 Å². The molecule has 0 spiro atoms. The summed E-state index contributed by atoms with van der Waals surface area (Å²) < 4.78 is 1.13. The highest BCUT2D eigenvalue weighted by Gasteiger charge is 2.24. The Balaban J connectivity index is 1.34. The molecule has 4 rings (SSSR count). The SMILES string of the molecule is Cc1ccc(N2CC[C@@H](NC(=O)Cc3ccc4ncsc4c3)C2)cn1. The number of hydrogen-bond donors (Lipinski definition) is 1. The first-order valence-corrected chi connectivity index (χ1v) is 9.34. The molecule has 6 heteroatoms. The summed E-state index contributed by atoms with van der Waals surface area (Å²) in [5, 5.41) is 3.17. The van der Waals surface area contributed by atoms with Gasteiger partial charge in [0.2, 0.25) is 5.91 Å². The number of nitrogens with one attached hydrogen (secondary N) is 1. The highest BCUT2D eigenvalue weighted by atomic mass is 32.1. The van der Waals surface area contributed by atoms with Crippen molar-refractivity contribution in [2.75, 3.05) is 18.0 Å². The number of thiazole rings is 1. The van der Waals surface area contributed by atoms with E-state index >= 15 is 0 Å². The number of pyridine rings is 1. The molecule has 5 nitrogen and oxygen atoms in total. The van der Waals surface area contributed by atoms with E-state index in [2.05, 4.69) is 32.3 Å². The molecule has 1 aromatic carbocycles. The summed E-state index contributed by atoms with van der Waals surface area (Å²) in [4.78, 5) is 23.3. The first kappa shape index (κ1) is 16.0. The van der Waals surface area contributed by atoms with Gasteiger partial charge < -0.3 is 10.2 Å². The van der Waals surface area contributed by atoms with Crippen LogP contribution in [0, 0.1) is 6.92 Å². The molecule has 128 valence electrons. The fraction of sp³-hybridized carbons (Fsp3) is 0.316. The van der Waals surface area contributed by atoms with Crippen LogP contribution in [0.2, 0.25) is 0 Å². The second kappa shape index (κ2) is 6.80. The number of amides is 1. The predicted octanol–water partition coefficient (Wildman–Crippen LogP) is 2.94. The van der Waals surface area contributed by atoms with Crippen LogP contribution in [0.3, 0.4) is 0 Å². The van der Waals surface area contributed by atoms with E-state index in [1.807, 2.05) is 36.8 Å². The lowest BCUT2D eigenvalue weighted by Crippen LogP contribution is -2.38. The molecule has 0 unspecified atom stereocenters. The second-order valence-corrected chi connectivity index (χ2v) is 7.37. The highest BCUT2D eigenvalue weighted by Crippen LogP contribution is 2.21. The lowest BCUT2D eigenvalue weighted by Gasteiger charge is -2.18. The molecule has 1 atom stereocenters. The van der Waals surface area contributed by atoms with Gasteiger partial charge in [0.15, 0.2) is 0 Å². The number of carbonyl (C=O) groups is 1. The number of aromatic nitrogens is 2. The van der Waals surface area contributed by atoms with Gasteiger partial charge in [-0.2, -0.15) is 0 Å². The number of nitrogens with zero attached hydrogens (tertiary/aromatic N) is 3. The van der Waals surface area contributed by atoms with Gasteiger partial charge in [-0.05, 0) is 43.2 Å². The minimum Gasteiger partial charge on any atom is -0.368 e. The average molecular weight is 352 g/mol. The van der Waals surface area contributed by atoms with E-state index in [9.17, 15) is 4.79 Å². The van der Waals surface area contributed by atoms with Crippen LogP contribution in [0.4, 0.5) is 5.69 Å². The molecular weight excluding hydrogens is 332 g/mol. The quantitative estimate of drug-likeness (QED) is 0.784. The smallest absolute Gasteiger partial charge is 0.224 e. The molecule has 3 aromatic rings. The van der Waals surface area contributed by atoms with E-state index in [0.717, 1.165) is 46.7 Å². The molecule has 1 fully saturated rings. The van der Waals surface area contributed by atoms with Crippen molar-refractivity contribution in [3.8, 4) is 0 Å². The zero-order valence-corrected chi connectivity index (χ0v) is 14.9. The van der Waals surface area contributed by atoms with Crippen LogP contribution in [0.15, 0.2) is 42.0 Å². The Morgan fingerprint density at radius 3 is 3.08 bits per heavy atom. The molecule has 1 saturated heterocycles. The largest absolute Gasteiger partial charge is 0.368 e. The van der Waals surface area contributed by atoms with Crippen LogP contribution >= 0.6 is 11.3 Å². The van der Waals surface area contributed by atoms with Gasteiger partial charge in [0.05, 0.1) is 34.0 Å². The fourth-order valence-corrected chi connectivity index (χ4v) is 3.97. The summed E-state index contributed by atoms with van der Waals surface area (Å²) in [6.45, 7) is 3.77. The van der Waals surface area contributed by atoms with Gasteiger partial charge in [0.25, 0.3) is 0 Å². The summed E-state index contributed by atoms with van der Waals surface area (Å²) in [7, 11) is 0. The highest BCUT2D eigenvalue weighted by molar-refractivity contribution is 7.16. The number of carbonyl (C=O) groups excluding carboxylic acids is 1. The van der Waals surface area contributed by atoms with Crippen molar-refractivity contribution in [1.82, 2.24) is 15.3 Å². The Bertz CT molecular complexity index is 890. The zero-order valence-electron chi connectivity index (χ0n) is 14.1. The maximum absolute atomic E-state index is 12.4. The van der Waals surface area contributed by atoms with Gasteiger partial charge in [-0.25, -0.2) is 4.98 Å². The first-order valence-electron chi connectivity index (χ1n) is 8.46. The summed E-state index contributed by atoms with van der Waals surface area (Å²) in [6, 6.07) is 10.3. The van der Waals surface area contributed by atoms with Gasteiger partial charge in [-0.15, -0.1) is 11.3 Å². The molecular formula is C19H20N4OS. The second-order valence-electron chi connectivity index (χ2n) is 6.49. The minimum atomic E-state index is 0.0812. The van der Waals surface area contributed by atoms with Crippen LogP contribution in [0.5, 0.6) is 0 Å². The molecule has 25 heavy (non-hydrogen) atoms. The van der Waals surface area contributed by atoms with Gasteiger partial charge in [0.1, 0.15) is 0 Å². The Morgan fingerprint density at radius 2 is 2.24 bits per heavy atom. The molecule has 2 aromatic heterocycles. The van der Waals surface area contributed by atoms with Crippen LogP contribution < -0.4 is 10.2 Å². The molecule has 1 amide bonds. The topological polar surface area (TPSA) is 58.1 Å². The third-order valence-electron chi connectivity index (χ3n) is 4.57. The fourth-order valence-electron chi connectivity index (χ4n) is 3.23. The Hall–Kier alpha value is -2.47. The normalized spacial score (nSPS) is 17.2. The maximum atomic E-state index is 12.4. The molecule has 0 aliphatic carbocycles. The summed E-state index contributed by atoms with van der Waals surface area (Å²) >= 11 is 1.60. The van der Waals surface area contributed by atoms with Gasteiger partial charge in [-0.1, -0.05) is 6.07 Å². The van der Waals surface area contributed by atoms with Crippen molar-refractivity contribution < 1.29 is 4.79 Å². The number of hydrogen-bond acceptors (Lipinski definition) is 5. The standard InChI is InChI=1S/C19H20N4OS/c1-13-2-4-16(10-20-13)23-7-6-15(11-23)22-19(24)9-14-3-5-17-18(8-14)25-12-21-17/h2-5,8,10,12,15H,6-7,9,11H2,1H3,(H,22,24)/t15-/m1/s1. The number of fused-ring (bicyclic) bond motifs is 1. The predicted molar refractivity (Wildman–Crippen MR) is 101 cm³/mol. The first-order chi connectivity index (χ1) is 12.2. The van der Waals surface area contributed by atoms with Crippen molar-refractivity contribution >= 4 is 33.1 Å². The molecule has 0 bridgehead atoms. The lowest BCUT2D eigenvalue weighted by atomic mass is 10.1. The van der Waals surface area contributed by atoms with Crippen molar-refractivity contribution in [3.05, 3.63) is 53.3 Å². The van der Waals surface area contributed by atoms with Crippen LogP contribution in [0.1, 0.15) is 17.7 Å². The summed E-state index contributed by atoms with van der Waals surface area (Å²) in [5.74, 6) is 0.0812. The Morgan fingerprint density at radius 1 is 1.32 bits per heavy atom. The van der Waals surface area contributed by atoms with Gasteiger partial charge >= 0.3 is 0 Å². The van der Waals surface area contributed by atoms with Gasteiger partial charge in [0, 0.05) is 24.8 Å². The monoisotopic (exact) mass is 352 g/mol. The van der Waals surface area contributed by atoms with E-state index in [-0.39, 0.29) is 11.9 Å². The zero-order chi connectivity index (χ0) is 17.2. The Kier molecular flexibility index (Phi) is 4.36. The van der Waals surface area contributed by atoms with Crippen molar-refractivity contribution in [2.24, 2.45) is 0 Å². The number of anilines is 1. The van der Waals surface area contributed by atoms with E-state index in [1.165, 1.54) is 0 Å². The molecule has 3 heterocycles. The minimum absolute atomic E-state index is 0.0812. The lowest BCUT2D eigenvalue weighted by molar-refractivity contribution is -0.121. The van der Waals surface area contributed by atoms with E-state index in [4.69, 9.17) is 0 Å². The van der Waals surface area contributed by atoms with Gasteiger partial charge in [-0.3, -0.25) is 9.78 Å². The molecule has 0 radical (unpaired) electrons. The average Bonchev–Trinajstić information content (AvgIpc) is 3.24. The van der Waals surface area contributed by atoms with Crippen molar-refractivity contribution in [2.45, 2.75) is 25.8 Å². The Labute approximate surface area is 150 Å². The summed E-state index contributed by atoms with van der Waals surface area (Å²) in [6.07, 6.45) is 3.29. The molecule has 1 aliphatic heterocycles. The molecule has 0 saturated carbocycles. The maximum Gasteiger partial charge on any atom is 0.224 e. The number of aryl methyl sites for hydroxylation is 1. The van der Waals surface area contributed by atoms with E-state index < -0.39 is 0 Å². The van der Waals surface area contributed by atoms with Crippen molar-refractivity contribution in [3.63, 3.8) is 0 Å².